The van der Waals surface area contributed by atoms with Crippen LogP contribution in [0.4, 0.5) is 4.79 Å². The standard InChI is InChI=1S/C7H9NO6/c9-5(10)3-1-8(7(13)14)2-4(3)6(11)12/h3-4H,1-2H2,(H,9,10)(H,11,12)(H,13,14)/t3-,4-/m0/s1. The summed E-state index contributed by atoms with van der Waals surface area (Å²) in [7, 11) is 0. The van der Waals surface area contributed by atoms with Gasteiger partial charge in [-0.05, 0) is 0 Å². The molecule has 0 aromatic heterocycles. The minimum atomic E-state index is -1.29. The molecule has 1 fully saturated rings. The molecule has 0 spiro atoms. The Morgan fingerprint density at radius 2 is 1.29 bits per heavy atom. The highest BCUT2D eigenvalue weighted by Gasteiger charge is 2.43. The van der Waals surface area contributed by atoms with Gasteiger partial charge in [-0.15, -0.1) is 0 Å². The van der Waals surface area contributed by atoms with E-state index in [-0.39, 0.29) is 13.1 Å². The van der Waals surface area contributed by atoms with Crippen LogP contribution in [-0.2, 0) is 9.59 Å². The van der Waals surface area contributed by atoms with E-state index in [2.05, 4.69) is 0 Å². The topological polar surface area (TPSA) is 115 Å². The molecule has 7 nitrogen and oxygen atoms in total. The molecule has 1 aliphatic rings. The van der Waals surface area contributed by atoms with Gasteiger partial charge in [-0.25, -0.2) is 4.79 Å². The molecule has 0 aromatic rings. The van der Waals surface area contributed by atoms with Gasteiger partial charge in [-0.3, -0.25) is 9.59 Å². The van der Waals surface area contributed by atoms with Crippen molar-refractivity contribution in [1.82, 2.24) is 4.90 Å². The molecule has 2 atom stereocenters. The van der Waals surface area contributed by atoms with Crippen LogP contribution in [0.1, 0.15) is 0 Å². The Balaban J connectivity index is 2.80. The highest BCUT2D eigenvalue weighted by Crippen LogP contribution is 2.23. The van der Waals surface area contributed by atoms with Gasteiger partial charge in [0.2, 0.25) is 0 Å². The van der Waals surface area contributed by atoms with Crippen LogP contribution in [0, 0.1) is 11.8 Å². The van der Waals surface area contributed by atoms with E-state index < -0.39 is 29.9 Å². The lowest BCUT2D eigenvalue weighted by molar-refractivity contribution is -0.151. The monoisotopic (exact) mass is 203 g/mol. The van der Waals surface area contributed by atoms with Crippen molar-refractivity contribution >= 4 is 18.0 Å². The van der Waals surface area contributed by atoms with E-state index in [9.17, 15) is 14.4 Å². The van der Waals surface area contributed by atoms with Crippen LogP contribution in [-0.4, -0.2) is 51.3 Å². The average Bonchev–Trinajstić information content (AvgIpc) is 2.47. The summed E-state index contributed by atoms with van der Waals surface area (Å²) in [6, 6.07) is 0. The van der Waals surface area contributed by atoms with E-state index in [0.717, 1.165) is 4.90 Å². The largest absolute Gasteiger partial charge is 0.481 e. The number of likely N-dealkylation sites (tertiary alicyclic amines) is 1. The van der Waals surface area contributed by atoms with Gasteiger partial charge in [0.15, 0.2) is 0 Å². The van der Waals surface area contributed by atoms with E-state index >= 15 is 0 Å². The summed E-state index contributed by atoms with van der Waals surface area (Å²) >= 11 is 0. The van der Waals surface area contributed by atoms with Crippen molar-refractivity contribution in [2.45, 2.75) is 0 Å². The molecular weight excluding hydrogens is 194 g/mol. The van der Waals surface area contributed by atoms with Gasteiger partial charge < -0.3 is 20.2 Å². The van der Waals surface area contributed by atoms with Gasteiger partial charge in [-0.1, -0.05) is 0 Å². The molecule has 0 aromatic carbocycles. The van der Waals surface area contributed by atoms with Crippen LogP contribution >= 0.6 is 0 Å². The predicted octanol–water partition coefficient (Wildman–Crippen LogP) is -0.618. The Labute approximate surface area is 78.6 Å². The second-order valence-corrected chi connectivity index (χ2v) is 3.08. The number of carbonyl (C=O) groups is 3. The molecule has 14 heavy (non-hydrogen) atoms. The summed E-state index contributed by atoms with van der Waals surface area (Å²) in [5.41, 5.74) is 0. The number of amides is 1. The lowest BCUT2D eigenvalue weighted by Gasteiger charge is -2.09. The van der Waals surface area contributed by atoms with E-state index in [1.165, 1.54) is 0 Å². The molecule has 1 heterocycles. The quantitative estimate of drug-likeness (QED) is 0.551. The lowest BCUT2D eigenvalue weighted by Crippen LogP contribution is -2.28. The molecule has 7 heteroatoms. The Bertz CT molecular complexity index is 266. The molecule has 78 valence electrons. The molecule has 0 saturated carbocycles. The number of hydrogen-bond acceptors (Lipinski definition) is 3. The van der Waals surface area contributed by atoms with Gasteiger partial charge in [-0.2, -0.15) is 0 Å². The minimum absolute atomic E-state index is 0.262. The van der Waals surface area contributed by atoms with Gasteiger partial charge in [0, 0.05) is 13.1 Å². The van der Waals surface area contributed by atoms with E-state index in [1.54, 1.807) is 0 Å². The fraction of sp³-hybridized carbons (Fsp3) is 0.571. The molecule has 1 rings (SSSR count). The molecule has 3 N–H and O–H groups in total. The normalized spacial score (nSPS) is 26.1. The number of carboxylic acids is 2. The fourth-order valence-corrected chi connectivity index (χ4v) is 1.46. The van der Waals surface area contributed by atoms with E-state index in [4.69, 9.17) is 15.3 Å². The maximum Gasteiger partial charge on any atom is 0.407 e. The van der Waals surface area contributed by atoms with E-state index in [0.29, 0.717) is 0 Å². The first kappa shape index (κ1) is 10.3. The lowest BCUT2D eigenvalue weighted by atomic mass is 9.97. The highest BCUT2D eigenvalue weighted by molar-refractivity contribution is 5.82. The highest BCUT2D eigenvalue weighted by atomic mass is 16.4. The fourth-order valence-electron chi connectivity index (χ4n) is 1.46. The SMILES string of the molecule is O=C(O)[C@H]1CN(C(=O)O)C[C@@H]1C(=O)O. The Kier molecular flexibility index (Phi) is 2.59. The molecule has 1 amide bonds. The molecule has 0 unspecified atom stereocenters. The van der Waals surface area contributed by atoms with Gasteiger partial charge in [0.1, 0.15) is 0 Å². The first-order chi connectivity index (χ1) is 6.43. The van der Waals surface area contributed by atoms with Crippen LogP contribution in [0.3, 0.4) is 0 Å². The van der Waals surface area contributed by atoms with E-state index in [1.807, 2.05) is 0 Å². The molecule has 0 radical (unpaired) electrons. The zero-order valence-electron chi connectivity index (χ0n) is 7.08. The summed E-state index contributed by atoms with van der Waals surface area (Å²) < 4.78 is 0. The molecule has 1 saturated heterocycles. The van der Waals surface area contributed by atoms with Crippen molar-refractivity contribution in [2.75, 3.05) is 13.1 Å². The van der Waals surface area contributed by atoms with Crippen LogP contribution in [0.5, 0.6) is 0 Å². The molecule has 1 aliphatic heterocycles. The van der Waals surface area contributed by atoms with Crippen molar-refractivity contribution < 1.29 is 29.7 Å². The van der Waals surface area contributed by atoms with Crippen molar-refractivity contribution in [3.05, 3.63) is 0 Å². The summed E-state index contributed by atoms with van der Waals surface area (Å²) in [5, 5.41) is 25.9. The summed E-state index contributed by atoms with van der Waals surface area (Å²) in [6.07, 6.45) is -1.29. The van der Waals surface area contributed by atoms with Crippen LogP contribution in [0.2, 0.25) is 0 Å². The van der Waals surface area contributed by atoms with Gasteiger partial charge >= 0.3 is 18.0 Å². The van der Waals surface area contributed by atoms with Crippen molar-refractivity contribution in [3.63, 3.8) is 0 Å². The maximum atomic E-state index is 10.6. The average molecular weight is 203 g/mol. The first-order valence-corrected chi connectivity index (χ1v) is 3.87. The maximum absolute atomic E-state index is 10.6. The Hall–Kier alpha value is -1.79. The third-order valence-corrected chi connectivity index (χ3v) is 2.22. The van der Waals surface area contributed by atoms with Crippen LogP contribution in [0.25, 0.3) is 0 Å². The minimum Gasteiger partial charge on any atom is -0.481 e. The second-order valence-electron chi connectivity index (χ2n) is 3.08. The van der Waals surface area contributed by atoms with Crippen LogP contribution < -0.4 is 0 Å². The van der Waals surface area contributed by atoms with Crippen LogP contribution in [0.15, 0.2) is 0 Å². The summed E-state index contributed by atoms with van der Waals surface area (Å²) in [4.78, 5) is 32.5. The predicted molar refractivity (Wildman–Crippen MR) is 41.8 cm³/mol. The zero-order chi connectivity index (χ0) is 10.9. The molecule has 0 aliphatic carbocycles. The van der Waals surface area contributed by atoms with Crippen molar-refractivity contribution in [2.24, 2.45) is 11.8 Å². The number of hydrogen-bond donors (Lipinski definition) is 3. The first-order valence-electron chi connectivity index (χ1n) is 3.87. The number of nitrogens with zero attached hydrogens (tertiary/aromatic N) is 1. The third-order valence-electron chi connectivity index (χ3n) is 2.22. The van der Waals surface area contributed by atoms with Gasteiger partial charge in [0.25, 0.3) is 0 Å². The molecular formula is C7H9NO6. The van der Waals surface area contributed by atoms with Gasteiger partial charge in [0.05, 0.1) is 11.8 Å². The Morgan fingerprint density at radius 1 is 0.929 bits per heavy atom. The van der Waals surface area contributed by atoms with Crippen molar-refractivity contribution in [3.8, 4) is 0 Å². The second kappa shape index (κ2) is 3.52. The molecule has 0 bridgehead atoms. The number of carboxylic acid groups (broad SMARTS) is 3. The summed E-state index contributed by atoms with van der Waals surface area (Å²) in [5.74, 6) is -4.85. The summed E-state index contributed by atoms with van der Waals surface area (Å²) in [6.45, 7) is -0.525. The zero-order valence-corrected chi connectivity index (χ0v) is 7.08. The Morgan fingerprint density at radius 3 is 1.50 bits per heavy atom. The number of rotatable bonds is 2. The number of aliphatic carboxylic acids is 2. The third kappa shape index (κ3) is 1.76. The van der Waals surface area contributed by atoms with Crippen molar-refractivity contribution in [1.29, 1.82) is 0 Å². The smallest absolute Gasteiger partial charge is 0.407 e.